The van der Waals surface area contributed by atoms with Gasteiger partial charge in [0.1, 0.15) is 0 Å². The van der Waals surface area contributed by atoms with Gasteiger partial charge in [-0.2, -0.15) is 0 Å². The first-order valence-electron chi connectivity index (χ1n) is 15.4. The van der Waals surface area contributed by atoms with Crippen LogP contribution in [0.1, 0.15) is 128 Å². The maximum atomic E-state index is 2.45. The van der Waals surface area contributed by atoms with Gasteiger partial charge in [0.25, 0.3) is 0 Å². The van der Waals surface area contributed by atoms with Crippen molar-refractivity contribution in [3.8, 4) is 0 Å². The van der Waals surface area contributed by atoms with Crippen LogP contribution in [0.3, 0.4) is 0 Å². The molecule has 0 aromatic heterocycles. The van der Waals surface area contributed by atoms with Gasteiger partial charge in [-0.3, -0.25) is 0 Å². The number of nitrogens with zero attached hydrogens (tertiary/aromatic N) is 1. The predicted octanol–water partition coefficient (Wildman–Crippen LogP) is 9.68. The molecule has 1 heteroatoms. The van der Waals surface area contributed by atoms with Crippen molar-refractivity contribution < 1.29 is 4.48 Å². The summed E-state index contributed by atoms with van der Waals surface area (Å²) in [5, 5.41) is 0. The monoisotopic (exact) mass is 480 g/mol. The highest BCUT2D eigenvalue weighted by Crippen LogP contribution is 2.29. The fourth-order valence-corrected chi connectivity index (χ4v) is 5.49. The average Bonchev–Trinajstić information content (AvgIpc) is 3.55. The molecule has 10 radical (unpaired) electrons. The first kappa shape index (κ1) is 31.2. The highest BCUT2D eigenvalue weighted by atomic mass is 15.3. The molecular formula is C34H58N+. The van der Waals surface area contributed by atoms with E-state index < -0.39 is 0 Å². The Hall–Kier alpha value is -0.0400. The normalized spacial score (nSPS) is 17.7. The molecule has 0 saturated heterocycles. The quantitative estimate of drug-likeness (QED) is 0.0952. The summed E-state index contributed by atoms with van der Waals surface area (Å²) in [5.41, 5.74) is 0. The van der Waals surface area contributed by atoms with Crippen molar-refractivity contribution in [3.63, 3.8) is 0 Å². The summed E-state index contributed by atoms with van der Waals surface area (Å²) in [4.78, 5) is 0. The standard InChI is InChI=1S/C34H58N/c1-35(2,31-23-15-11-7-3-5-9-13-17-25-33-27-19-20-28-33)32-24-16-12-8-4-6-10-14-18-26-34-29-21-22-30-34/h19-22,27-30H,3-18,23-26,31-32H2,1-2H3/q+1. The molecule has 35 heavy (non-hydrogen) atoms. The first-order valence-corrected chi connectivity index (χ1v) is 15.4. The van der Waals surface area contributed by atoms with Crippen molar-refractivity contribution in [3.05, 3.63) is 63.2 Å². The Balaban J connectivity index is 1.24. The minimum atomic E-state index is 1.23. The summed E-state index contributed by atoms with van der Waals surface area (Å²) in [5.74, 6) is 3.04. The molecule has 0 aromatic rings. The van der Waals surface area contributed by atoms with Gasteiger partial charge >= 0.3 is 0 Å². The van der Waals surface area contributed by atoms with Gasteiger partial charge in [0, 0.05) is 0 Å². The largest absolute Gasteiger partial charge is 0.328 e. The molecule has 0 aromatic carbocycles. The van der Waals surface area contributed by atoms with Crippen molar-refractivity contribution in [2.45, 2.75) is 128 Å². The lowest BCUT2D eigenvalue weighted by Gasteiger charge is -2.30. The van der Waals surface area contributed by atoms with Gasteiger partial charge in [-0.25, -0.2) is 0 Å². The number of quaternary nitrogens is 1. The van der Waals surface area contributed by atoms with E-state index in [0.717, 1.165) is 0 Å². The van der Waals surface area contributed by atoms with Gasteiger partial charge in [-0.1, -0.05) is 89.9 Å². The molecule has 2 fully saturated rings. The first-order chi connectivity index (χ1) is 17.2. The number of unbranched alkanes of at least 4 members (excludes halogenated alkanes) is 16. The molecule has 198 valence electrons. The fourth-order valence-electron chi connectivity index (χ4n) is 5.49. The maximum Gasteiger partial charge on any atom is 0.0782 e. The van der Waals surface area contributed by atoms with Crippen molar-refractivity contribution in [2.75, 3.05) is 27.2 Å². The van der Waals surface area contributed by atoms with Crippen LogP contribution >= 0.6 is 0 Å². The van der Waals surface area contributed by atoms with Crippen LogP contribution in [0.15, 0.2) is 0 Å². The minimum Gasteiger partial charge on any atom is -0.328 e. The number of hydrogen-bond acceptors (Lipinski definition) is 0. The summed E-state index contributed by atoms with van der Waals surface area (Å²) >= 11 is 0. The number of hydrogen-bond donors (Lipinski definition) is 0. The average molecular weight is 481 g/mol. The van der Waals surface area contributed by atoms with E-state index >= 15 is 0 Å². The maximum absolute atomic E-state index is 2.45. The lowest BCUT2D eigenvalue weighted by Crippen LogP contribution is -2.41. The van der Waals surface area contributed by atoms with Crippen LogP contribution in [0.25, 0.3) is 0 Å². The van der Waals surface area contributed by atoms with Gasteiger partial charge in [0.15, 0.2) is 0 Å². The Labute approximate surface area is 223 Å². The third kappa shape index (κ3) is 18.0. The van der Waals surface area contributed by atoms with E-state index in [4.69, 9.17) is 0 Å². The molecule has 0 amide bonds. The van der Waals surface area contributed by atoms with E-state index in [1.165, 1.54) is 158 Å². The van der Waals surface area contributed by atoms with E-state index in [-0.39, 0.29) is 0 Å². The van der Waals surface area contributed by atoms with Gasteiger partial charge in [0.05, 0.1) is 27.2 Å². The lowest BCUT2D eigenvalue weighted by molar-refractivity contribution is -0.890. The molecule has 0 aliphatic heterocycles. The van der Waals surface area contributed by atoms with Gasteiger partial charge in [0.2, 0.25) is 0 Å². The Morgan fingerprint density at radius 3 is 0.943 bits per heavy atom. The zero-order valence-electron chi connectivity index (χ0n) is 23.6. The second-order valence-corrected chi connectivity index (χ2v) is 11.8. The molecule has 2 saturated carbocycles. The van der Waals surface area contributed by atoms with Gasteiger partial charge in [-0.05, 0) is 102 Å². The third-order valence-corrected chi connectivity index (χ3v) is 7.92. The molecule has 0 N–H and O–H groups in total. The SMILES string of the molecule is C[N+](C)(CCCCCCCCCCC[C]1[CH][CH][CH][CH]1)CCCCCCCCCCC[C]1[CH][CH][CH][CH]1. The Kier molecular flexibility index (Phi) is 18.7. The fraction of sp³-hybridized carbons (Fsp3) is 0.706. The van der Waals surface area contributed by atoms with E-state index in [1.807, 2.05) is 0 Å². The van der Waals surface area contributed by atoms with Crippen molar-refractivity contribution >= 4 is 0 Å². The molecule has 0 bridgehead atoms. The van der Waals surface area contributed by atoms with Gasteiger partial charge in [-0.15, -0.1) is 0 Å². The van der Waals surface area contributed by atoms with Gasteiger partial charge < -0.3 is 4.48 Å². The van der Waals surface area contributed by atoms with E-state index in [9.17, 15) is 0 Å². The smallest absolute Gasteiger partial charge is 0.0782 e. The van der Waals surface area contributed by atoms with Crippen LogP contribution in [0.2, 0.25) is 0 Å². The molecule has 2 aliphatic carbocycles. The highest BCUT2D eigenvalue weighted by Gasteiger charge is 2.17. The molecule has 2 rings (SSSR count). The number of rotatable bonds is 24. The summed E-state index contributed by atoms with van der Waals surface area (Å²) in [6, 6.07) is 0. The van der Waals surface area contributed by atoms with Crippen molar-refractivity contribution in [2.24, 2.45) is 0 Å². The van der Waals surface area contributed by atoms with Crippen LogP contribution < -0.4 is 0 Å². The zero-order valence-corrected chi connectivity index (χ0v) is 23.6. The van der Waals surface area contributed by atoms with Crippen molar-refractivity contribution in [1.29, 1.82) is 0 Å². The summed E-state index contributed by atoms with van der Waals surface area (Å²) < 4.78 is 1.23. The van der Waals surface area contributed by atoms with E-state index in [2.05, 4.69) is 65.5 Å². The predicted molar refractivity (Wildman–Crippen MR) is 155 cm³/mol. The summed E-state index contributed by atoms with van der Waals surface area (Å²) in [6.45, 7) is 2.74. The molecule has 2 aliphatic rings. The van der Waals surface area contributed by atoms with E-state index in [1.54, 1.807) is 0 Å². The molecule has 0 atom stereocenters. The Morgan fingerprint density at radius 2 is 0.629 bits per heavy atom. The van der Waals surface area contributed by atoms with Crippen LogP contribution in [0.4, 0.5) is 0 Å². The third-order valence-electron chi connectivity index (χ3n) is 7.92. The summed E-state index contributed by atoms with van der Waals surface area (Å²) in [6.07, 6.45) is 45.9. The van der Waals surface area contributed by atoms with Crippen LogP contribution in [-0.2, 0) is 0 Å². The second kappa shape index (κ2) is 21.0. The molecule has 0 spiro atoms. The van der Waals surface area contributed by atoms with Crippen molar-refractivity contribution in [1.82, 2.24) is 0 Å². The molecular weight excluding hydrogens is 422 g/mol. The Bertz CT molecular complexity index is 404. The minimum absolute atomic E-state index is 1.23. The Morgan fingerprint density at radius 1 is 0.371 bits per heavy atom. The highest BCUT2D eigenvalue weighted by molar-refractivity contribution is 5.35. The topological polar surface area (TPSA) is 0 Å². The zero-order chi connectivity index (χ0) is 24.9. The van der Waals surface area contributed by atoms with Crippen LogP contribution in [0.5, 0.6) is 0 Å². The second-order valence-electron chi connectivity index (χ2n) is 11.8. The van der Waals surface area contributed by atoms with E-state index in [0.29, 0.717) is 0 Å². The molecule has 1 nitrogen and oxygen atoms in total. The summed E-state index contributed by atoms with van der Waals surface area (Å²) in [7, 11) is 4.90. The van der Waals surface area contributed by atoms with Crippen LogP contribution in [-0.4, -0.2) is 31.7 Å². The molecule has 0 unspecified atom stereocenters. The molecule has 0 heterocycles. The van der Waals surface area contributed by atoms with Crippen LogP contribution in [0, 0.1) is 63.2 Å². The lowest BCUT2D eigenvalue weighted by atomic mass is 9.99.